The van der Waals surface area contributed by atoms with Crippen LogP contribution in [0.1, 0.15) is 38.3 Å². The van der Waals surface area contributed by atoms with Crippen molar-refractivity contribution in [1.82, 2.24) is 10.2 Å². The zero-order valence-corrected chi connectivity index (χ0v) is 15.3. The zero-order chi connectivity index (χ0) is 17.6. The van der Waals surface area contributed by atoms with E-state index in [0.29, 0.717) is 31.2 Å². The number of amides is 1. The summed E-state index contributed by atoms with van der Waals surface area (Å²) in [5.41, 5.74) is 6.31. The van der Waals surface area contributed by atoms with Gasteiger partial charge in [-0.2, -0.15) is 0 Å². The van der Waals surface area contributed by atoms with Gasteiger partial charge in [0.25, 0.3) is 0 Å². The van der Waals surface area contributed by atoms with Crippen molar-refractivity contribution in [2.24, 2.45) is 5.73 Å². The quantitative estimate of drug-likeness (QED) is 0.789. The standard InChI is InChI=1S/C18H28ClN3O2/c1-3-8-18(2,20)17(23)21-13-16(22-9-11-24-12-10-22)14-6-4-5-7-15(14)19/h4-7,16H,3,8-13,20H2,1-2H3,(H,21,23). The molecular formula is C18H28ClN3O2. The molecule has 0 bridgehead atoms. The van der Waals surface area contributed by atoms with Crippen molar-refractivity contribution in [1.29, 1.82) is 0 Å². The molecule has 3 N–H and O–H groups in total. The van der Waals surface area contributed by atoms with Crippen molar-refractivity contribution in [2.75, 3.05) is 32.8 Å². The van der Waals surface area contributed by atoms with Gasteiger partial charge in [0.1, 0.15) is 0 Å². The molecule has 24 heavy (non-hydrogen) atoms. The van der Waals surface area contributed by atoms with E-state index in [4.69, 9.17) is 22.1 Å². The molecule has 134 valence electrons. The number of nitrogens with one attached hydrogen (secondary N) is 1. The van der Waals surface area contributed by atoms with Crippen LogP contribution < -0.4 is 11.1 Å². The number of carbonyl (C=O) groups excluding carboxylic acids is 1. The van der Waals surface area contributed by atoms with Gasteiger partial charge in [-0.15, -0.1) is 0 Å². The number of ether oxygens (including phenoxy) is 1. The summed E-state index contributed by atoms with van der Waals surface area (Å²) in [4.78, 5) is 14.8. The summed E-state index contributed by atoms with van der Waals surface area (Å²) in [6.07, 6.45) is 1.53. The molecule has 6 heteroatoms. The van der Waals surface area contributed by atoms with Gasteiger partial charge in [0.05, 0.1) is 24.8 Å². The molecule has 5 nitrogen and oxygen atoms in total. The maximum absolute atomic E-state index is 12.4. The first-order valence-electron chi connectivity index (χ1n) is 8.59. The van der Waals surface area contributed by atoms with Crippen LogP contribution in [0.25, 0.3) is 0 Å². The molecule has 1 aliphatic rings. The normalized spacial score (nSPS) is 19.5. The topological polar surface area (TPSA) is 67.6 Å². The number of carbonyl (C=O) groups is 1. The summed E-state index contributed by atoms with van der Waals surface area (Å²) in [5, 5.41) is 3.74. The van der Waals surface area contributed by atoms with Crippen LogP contribution >= 0.6 is 11.6 Å². The van der Waals surface area contributed by atoms with Crippen LogP contribution in [-0.4, -0.2) is 49.2 Å². The van der Waals surface area contributed by atoms with E-state index in [-0.39, 0.29) is 11.9 Å². The molecule has 1 heterocycles. The summed E-state index contributed by atoms with van der Waals surface area (Å²) in [5.74, 6) is -0.116. The van der Waals surface area contributed by atoms with Gasteiger partial charge in [-0.05, 0) is 25.0 Å². The molecule has 1 aliphatic heterocycles. The van der Waals surface area contributed by atoms with Crippen molar-refractivity contribution in [3.8, 4) is 0 Å². The monoisotopic (exact) mass is 353 g/mol. The molecule has 1 aromatic carbocycles. The van der Waals surface area contributed by atoms with E-state index in [9.17, 15) is 4.79 Å². The van der Waals surface area contributed by atoms with Crippen molar-refractivity contribution in [2.45, 2.75) is 38.3 Å². The Hall–Kier alpha value is -1.14. The third-order valence-electron chi connectivity index (χ3n) is 4.49. The highest BCUT2D eigenvalue weighted by atomic mass is 35.5. The second kappa shape index (κ2) is 8.81. The zero-order valence-electron chi connectivity index (χ0n) is 14.6. The fraction of sp³-hybridized carbons (Fsp3) is 0.611. The lowest BCUT2D eigenvalue weighted by atomic mass is 9.96. The number of hydrogen-bond donors (Lipinski definition) is 2. The Balaban J connectivity index is 2.12. The minimum atomic E-state index is -0.842. The van der Waals surface area contributed by atoms with Crippen molar-refractivity contribution >= 4 is 17.5 Å². The Bertz CT molecular complexity index is 545. The van der Waals surface area contributed by atoms with Gasteiger partial charge in [-0.3, -0.25) is 9.69 Å². The summed E-state index contributed by atoms with van der Waals surface area (Å²) < 4.78 is 5.45. The van der Waals surface area contributed by atoms with E-state index in [1.165, 1.54) is 0 Å². The molecule has 2 unspecified atom stereocenters. The van der Waals surface area contributed by atoms with E-state index in [0.717, 1.165) is 25.1 Å². The maximum Gasteiger partial charge on any atom is 0.239 e. The number of halogens is 1. The van der Waals surface area contributed by atoms with Crippen molar-refractivity contribution < 1.29 is 9.53 Å². The van der Waals surface area contributed by atoms with Gasteiger partial charge in [-0.25, -0.2) is 0 Å². The van der Waals surface area contributed by atoms with Crippen LogP contribution in [0.4, 0.5) is 0 Å². The lowest BCUT2D eigenvalue weighted by Gasteiger charge is -2.36. The Morgan fingerprint density at radius 3 is 2.71 bits per heavy atom. The number of rotatable bonds is 7. The smallest absolute Gasteiger partial charge is 0.239 e. The number of benzene rings is 1. The highest BCUT2D eigenvalue weighted by Crippen LogP contribution is 2.28. The fourth-order valence-corrected chi connectivity index (χ4v) is 3.36. The highest BCUT2D eigenvalue weighted by Gasteiger charge is 2.30. The first-order valence-corrected chi connectivity index (χ1v) is 8.97. The molecule has 1 amide bonds. The molecular weight excluding hydrogens is 326 g/mol. The van der Waals surface area contributed by atoms with E-state index < -0.39 is 5.54 Å². The van der Waals surface area contributed by atoms with E-state index in [1.54, 1.807) is 6.92 Å². The molecule has 2 rings (SSSR count). The van der Waals surface area contributed by atoms with Gasteiger partial charge in [0.2, 0.25) is 5.91 Å². The maximum atomic E-state index is 12.4. The SMILES string of the molecule is CCCC(C)(N)C(=O)NCC(c1ccccc1Cl)N1CCOCC1. The van der Waals surface area contributed by atoms with E-state index >= 15 is 0 Å². The summed E-state index contributed by atoms with van der Waals surface area (Å²) in [7, 11) is 0. The summed E-state index contributed by atoms with van der Waals surface area (Å²) in [6.45, 7) is 7.32. The Morgan fingerprint density at radius 1 is 1.42 bits per heavy atom. The lowest BCUT2D eigenvalue weighted by Crippen LogP contribution is -2.53. The Kier molecular flexibility index (Phi) is 7.04. The average molecular weight is 354 g/mol. The van der Waals surface area contributed by atoms with Crippen molar-refractivity contribution in [3.63, 3.8) is 0 Å². The Morgan fingerprint density at radius 2 is 2.08 bits per heavy atom. The molecule has 0 aromatic heterocycles. The molecule has 0 saturated carbocycles. The number of morpholine rings is 1. The van der Waals surface area contributed by atoms with Crippen LogP contribution in [0, 0.1) is 0 Å². The van der Waals surface area contributed by atoms with Crippen LogP contribution in [0.15, 0.2) is 24.3 Å². The van der Waals surface area contributed by atoms with Gasteiger partial charge in [0.15, 0.2) is 0 Å². The predicted molar refractivity (Wildman–Crippen MR) is 97.1 cm³/mol. The summed E-state index contributed by atoms with van der Waals surface area (Å²) >= 11 is 6.40. The first kappa shape index (κ1) is 19.2. The van der Waals surface area contributed by atoms with Crippen LogP contribution in [0.5, 0.6) is 0 Å². The molecule has 1 fully saturated rings. The minimum Gasteiger partial charge on any atom is -0.379 e. The van der Waals surface area contributed by atoms with E-state index in [1.807, 2.05) is 31.2 Å². The van der Waals surface area contributed by atoms with Crippen LogP contribution in [0.2, 0.25) is 5.02 Å². The number of hydrogen-bond acceptors (Lipinski definition) is 4. The molecule has 0 spiro atoms. The number of nitrogens with zero attached hydrogens (tertiary/aromatic N) is 1. The molecule has 2 atom stereocenters. The second-order valence-electron chi connectivity index (χ2n) is 6.56. The largest absolute Gasteiger partial charge is 0.379 e. The molecule has 0 radical (unpaired) electrons. The molecule has 0 aliphatic carbocycles. The van der Waals surface area contributed by atoms with Gasteiger partial charge >= 0.3 is 0 Å². The van der Waals surface area contributed by atoms with Crippen molar-refractivity contribution in [3.05, 3.63) is 34.9 Å². The van der Waals surface area contributed by atoms with Crippen LogP contribution in [-0.2, 0) is 9.53 Å². The van der Waals surface area contributed by atoms with Gasteiger partial charge in [0, 0.05) is 24.7 Å². The first-order chi connectivity index (χ1) is 11.5. The fourth-order valence-electron chi connectivity index (χ4n) is 3.09. The van der Waals surface area contributed by atoms with Gasteiger partial charge < -0.3 is 15.8 Å². The average Bonchev–Trinajstić information content (AvgIpc) is 2.57. The van der Waals surface area contributed by atoms with Crippen LogP contribution in [0.3, 0.4) is 0 Å². The predicted octanol–water partition coefficient (Wildman–Crippen LogP) is 2.35. The molecule has 1 aromatic rings. The third-order valence-corrected chi connectivity index (χ3v) is 4.84. The number of nitrogens with two attached hydrogens (primary N) is 1. The Labute approximate surface area is 149 Å². The third kappa shape index (κ3) is 4.93. The lowest BCUT2D eigenvalue weighted by molar-refractivity contribution is -0.126. The minimum absolute atomic E-state index is 0.0176. The van der Waals surface area contributed by atoms with E-state index in [2.05, 4.69) is 10.2 Å². The van der Waals surface area contributed by atoms with Gasteiger partial charge in [-0.1, -0.05) is 43.1 Å². The molecule has 1 saturated heterocycles. The summed E-state index contributed by atoms with van der Waals surface area (Å²) in [6, 6.07) is 7.81. The highest BCUT2D eigenvalue weighted by molar-refractivity contribution is 6.31. The second-order valence-corrected chi connectivity index (χ2v) is 6.97.